The van der Waals surface area contributed by atoms with Crippen molar-refractivity contribution >= 4 is 17.4 Å². The maximum Gasteiger partial charge on any atom is 0.416 e. The third kappa shape index (κ3) is 6.48. The lowest BCUT2D eigenvalue weighted by atomic mass is 9.88. The van der Waals surface area contributed by atoms with Gasteiger partial charge in [0.2, 0.25) is 5.91 Å². The minimum Gasteiger partial charge on any atom is -0.390 e. The van der Waals surface area contributed by atoms with Crippen molar-refractivity contribution in [2.75, 3.05) is 5.32 Å². The molecule has 2 unspecified atom stereocenters. The van der Waals surface area contributed by atoms with Gasteiger partial charge in [-0.05, 0) is 37.6 Å². The molecule has 142 valence electrons. The first-order valence-corrected chi connectivity index (χ1v) is 8.13. The lowest BCUT2D eigenvalue weighted by Crippen LogP contribution is -2.35. The summed E-state index contributed by atoms with van der Waals surface area (Å²) in [6, 6.07) is 5.23. The Morgan fingerprint density at radius 1 is 1.27 bits per heavy atom. The van der Waals surface area contributed by atoms with Gasteiger partial charge in [-0.15, -0.1) is 0 Å². The molecule has 0 aliphatic carbocycles. The predicted octanol–water partition coefficient (Wildman–Crippen LogP) is 3.68. The van der Waals surface area contributed by atoms with Crippen molar-refractivity contribution in [2.24, 2.45) is 5.92 Å². The van der Waals surface area contributed by atoms with Gasteiger partial charge in [0.15, 0.2) is 11.7 Å². The number of rotatable bonds is 8. The third-order valence-corrected chi connectivity index (χ3v) is 3.82. The molecule has 0 saturated carbocycles. The van der Waals surface area contributed by atoms with Gasteiger partial charge in [0.1, 0.15) is 0 Å². The van der Waals surface area contributed by atoms with Crippen molar-refractivity contribution in [3.63, 3.8) is 0 Å². The van der Waals surface area contributed by atoms with Crippen LogP contribution in [0.25, 0.3) is 0 Å². The molecule has 0 aromatic heterocycles. The summed E-state index contributed by atoms with van der Waals surface area (Å²) in [5.41, 5.74) is -2.17. The second-order valence-electron chi connectivity index (χ2n) is 6.37. The Morgan fingerprint density at radius 3 is 2.31 bits per heavy atom. The molecular formula is C18H21F3N2O3. The molecule has 2 atom stereocenters. The van der Waals surface area contributed by atoms with Gasteiger partial charge >= 0.3 is 6.18 Å². The standard InChI is InChI=1S/C18H21F3N2O3/c1-3-4-9-17(2,26)10-15(24)14(11-22)16(25)23-13-7-5-12(6-8-13)18(19,20)21/h5-8,14,26H,3-4,9-10H2,1-2H3,(H,23,25). The number of nitrogens with one attached hydrogen (secondary N) is 1. The molecular weight excluding hydrogens is 349 g/mol. The van der Waals surface area contributed by atoms with E-state index in [1.165, 1.54) is 6.92 Å². The molecule has 0 heterocycles. The minimum absolute atomic E-state index is 0.0359. The topological polar surface area (TPSA) is 90.2 Å². The SMILES string of the molecule is CCCCC(C)(O)CC(=O)C(C#N)C(=O)Nc1ccc(C(F)(F)F)cc1. The summed E-state index contributed by atoms with van der Waals surface area (Å²) in [7, 11) is 0. The molecule has 0 spiro atoms. The number of ketones is 1. The fraction of sp³-hybridized carbons (Fsp3) is 0.500. The minimum atomic E-state index is -4.50. The van der Waals surface area contributed by atoms with Gasteiger partial charge in [-0.1, -0.05) is 19.8 Å². The summed E-state index contributed by atoms with van der Waals surface area (Å²) in [5.74, 6) is -3.33. The Balaban J connectivity index is 2.77. The number of aliphatic hydroxyl groups is 1. The highest BCUT2D eigenvalue weighted by atomic mass is 19.4. The molecule has 0 saturated heterocycles. The van der Waals surface area contributed by atoms with Gasteiger partial charge in [0.25, 0.3) is 0 Å². The van der Waals surface area contributed by atoms with Crippen molar-refractivity contribution in [1.82, 2.24) is 0 Å². The largest absolute Gasteiger partial charge is 0.416 e. The van der Waals surface area contributed by atoms with Gasteiger partial charge < -0.3 is 10.4 Å². The molecule has 1 amide bonds. The van der Waals surface area contributed by atoms with E-state index in [9.17, 15) is 27.9 Å². The van der Waals surface area contributed by atoms with E-state index < -0.39 is 34.9 Å². The van der Waals surface area contributed by atoms with Gasteiger partial charge in [0, 0.05) is 12.1 Å². The van der Waals surface area contributed by atoms with E-state index in [-0.39, 0.29) is 12.1 Å². The molecule has 26 heavy (non-hydrogen) atoms. The number of alkyl halides is 3. The molecule has 0 fully saturated rings. The second-order valence-corrected chi connectivity index (χ2v) is 6.37. The molecule has 0 aliphatic heterocycles. The van der Waals surface area contributed by atoms with E-state index in [0.29, 0.717) is 12.8 Å². The quantitative estimate of drug-likeness (QED) is 0.683. The average molecular weight is 370 g/mol. The number of benzene rings is 1. The van der Waals surface area contributed by atoms with Crippen molar-refractivity contribution in [3.8, 4) is 6.07 Å². The number of nitriles is 1. The molecule has 1 aromatic carbocycles. The highest BCUT2D eigenvalue weighted by Crippen LogP contribution is 2.30. The maximum absolute atomic E-state index is 12.5. The Bertz CT molecular complexity index is 676. The fourth-order valence-corrected chi connectivity index (χ4v) is 2.36. The lowest BCUT2D eigenvalue weighted by Gasteiger charge is -2.23. The van der Waals surface area contributed by atoms with E-state index >= 15 is 0 Å². The molecule has 0 aliphatic rings. The molecule has 8 heteroatoms. The summed E-state index contributed by atoms with van der Waals surface area (Å²) < 4.78 is 37.6. The summed E-state index contributed by atoms with van der Waals surface area (Å²) in [4.78, 5) is 24.3. The molecule has 1 rings (SSSR count). The van der Waals surface area contributed by atoms with E-state index in [0.717, 1.165) is 30.7 Å². The first-order valence-electron chi connectivity index (χ1n) is 8.13. The smallest absolute Gasteiger partial charge is 0.390 e. The van der Waals surface area contributed by atoms with Gasteiger partial charge in [0.05, 0.1) is 17.2 Å². The first kappa shape index (κ1) is 21.6. The number of hydrogen-bond acceptors (Lipinski definition) is 4. The summed E-state index contributed by atoms with van der Waals surface area (Å²) in [6.07, 6.45) is -2.99. The van der Waals surface area contributed by atoms with E-state index in [1.807, 2.05) is 6.92 Å². The van der Waals surface area contributed by atoms with Gasteiger partial charge in [-0.3, -0.25) is 9.59 Å². The number of hydrogen-bond donors (Lipinski definition) is 2. The van der Waals surface area contributed by atoms with Crippen LogP contribution < -0.4 is 5.32 Å². The zero-order valence-electron chi connectivity index (χ0n) is 14.6. The Labute approximate surface area is 149 Å². The Morgan fingerprint density at radius 2 is 1.85 bits per heavy atom. The number of Topliss-reactive ketones (excluding diaryl/α,β-unsaturated/α-hetero) is 1. The Hall–Kier alpha value is -2.40. The monoisotopic (exact) mass is 370 g/mol. The molecule has 1 aromatic rings. The normalized spacial score (nSPS) is 14.8. The third-order valence-electron chi connectivity index (χ3n) is 3.82. The Kier molecular flexibility index (Phi) is 7.33. The maximum atomic E-state index is 12.5. The second kappa shape index (κ2) is 8.81. The first-order chi connectivity index (χ1) is 12.0. The number of carbonyl (C=O) groups excluding carboxylic acids is 2. The van der Waals surface area contributed by atoms with Crippen LogP contribution in [0, 0.1) is 17.2 Å². The van der Waals surface area contributed by atoms with Gasteiger partial charge in [-0.2, -0.15) is 18.4 Å². The van der Waals surface area contributed by atoms with Crippen LogP contribution >= 0.6 is 0 Å². The van der Waals surface area contributed by atoms with Crippen LogP contribution in [0.2, 0.25) is 0 Å². The van der Waals surface area contributed by atoms with Crippen molar-refractivity contribution < 1.29 is 27.9 Å². The van der Waals surface area contributed by atoms with Crippen LogP contribution in [0.3, 0.4) is 0 Å². The highest BCUT2D eigenvalue weighted by molar-refractivity contribution is 6.09. The van der Waals surface area contributed by atoms with Gasteiger partial charge in [-0.25, -0.2) is 0 Å². The fourth-order valence-electron chi connectivity index (χ4n) is 2.36. The number of amides is 1. The molecule has 0 bridgehead atoms. The van der Waals surface area contributed by atoms with Crippen LogP contribution in [0.1, 0.15) is 45.1 Å². The van der Waals surface area contributed by atoms with Crippen LogP contribution in [0.4, 0.5) is 18.9 Å². The zero-order chi connectivity index (χ0) is 20.0. The number of anilines is 1. The van der Waals surface area contributed by atoms with Crippen molar-refractivity contribution in [1.29, 1.82) is 5.26 Å². The molecule has 5 nitrogen and oxygen atoms in total. The van der Waals surface area contributed by atoms with Crippen LogP contribution in [0.5, 0.6) is 0 Å². The van der Waals surface area contributed by atoms with Crippen LogP contribution in [-0.4, -0.2) is 22.4 Å². The van der Waals surface area contributed by atoms with Crippen LogP contribution in [0.15, 0.2) is 24.3 Å². The lowest BCUT2D eigenvalue weighted by molar-refractivity contribution is -0.137. The summed E-state index contributed by atoms with van der Waals surface area (Å²) in [6.45, 7) is 3.39. The van der Waals surface area contributed by atoms with Crippen LogP contribution in [-0.2, 0) is 15.8 Å². The zero-order valence-corrected chi connectivity index (χ0v) is 14.6. The summed E-state index contributed by atoms with van der Waals surface area (Å²) >= 11 is 0. The van der Waals surface area contributed by atoms with E-state index in [2.05, 4.69) is 5.32 Å². The number of halogens is 3. The van der Waals surface area contributed by atoms with E-state index in [1.54, 1.807) is 6.07 Å². The molecule has 0 radical (unpaired) electrons. The number of carbonyl (C=O) groups is 2. The number of nitrogens with zero attached hydrogens (tertiary/aromatic N) is 1. The highest BCUT2D eigenvalue weighted by Gasteiger charge is 2.33. The number of unbranched alkanes of at least 4 members (excludes halogenated alkanes) is 1. The van der Waals surface area contributed by atoms with Crippen molar-refractivity contribution in [2.45, 2.75) is 51.3 Å². The predicted molar refractivity (Wildman–Crippen MR) is 88.9 cm³/mol. The average Bonchev–Trinajstić information content (AvgIpc) is 2.52. The van der Waals surface area contributed by atoms with Crippen molar-refractivity contribution in [3.05, 3.63) is 29.8 Å². The van der Waals surface area contributed by atoms with E-state index in [4.69, 9.17) is 5.26 Å². The molecule has 2 N–H and O–H groups in total. The summed E-state index contributed by atoms with van der Waals surface area (Å²) in [5, 5.41) is 21.5.